The Labute approximate surface area is 121 Å². The number of ether oxygens (including phenoxy) is 2. The number of rotatable bonds is 9. The van der Waals surface area contributed by atoms with Gasteiger partial charge >= 0.3 is 0 Å². The first-order chi connectivity index (χ1) is 9.42. The van der Waals surface area contributed by atoms with E-state index < -0.39 is 5.60 Å². The smallest absolute Gasteiger partial charge is 0.142 e. The van der Waals surface area contributed by atoms with Crippen LogP contribution >= 0.6 is 0 Å². The highest BCUT2D eigenvalue weighted by Crippen LogP contribution is 2.18. The van der Waals surface area contributed by atoms with E-state index in [1.807, 2.05) is 19.1 Å². The lowest BCUT2D eigenvalue weighted by atomic mass is 10.1. The lowest BCUT2D eigenvalue weighted by molar-refractivity contribution is 0.0551. The Bertz CT molecular complexity index is 403. The van der Waals surface area contributed by atoms with Crippen molar-refractivity contribution >= 4 is 0 Å². The molecule has 0 saturated carbocycles. The summed E-state index contributed by atoms with van der Waals surface area (Å²) in [6.45, 7) is 8.06. The predicted molar refractivity (Wildman–Crippen MR) is 79.0 cm³/mol. The van der Waals surface area contributed by atoms with E-state index in [1.165, 1.54) is 0 Å². The van der Waals surface area contributed by atoms with Crippen molar-refractivity contribution in [3.05, 3.63) is 23.5 Å². The van der Waals surface area contributed by atoms with E-state index in [0.29, 0.717) is 26.2 Å². The Morgan fingerprint density at radius 3 is 2.70 bits per heavy atom. The van der Waals surface area contributed by atoms with E-state index in [1.54, 1.807) is 21.0 Å². The van der Waals surface area contributed by atoms with Crippen molar-refractivity contribution in [1.29, 1.82) is 0 Å². The van der Waals surface area contributed by atoms with Crippen molar-refractivity contribution in [2.75, 3.05) is 26.9 Å². The van der Waals surface area contributed by atoms with E-state index in [0.717, 1.165) is 23.7 Å². The molecular formula is C15H26N2O3. The summed E-state index contributed by atoms with van der Waals surface area (Å²) in [4.78, 5) is 4.50. The van der Waals surface area contributed by atoms with Gasteiger partial charge in [-0.15, -0.1) is 0 Å². The van der Waals surface area contributed by atoms with Gasteiger partial charge in [-0.05, 0) is 32.9 Å². The van der Waals surface area contributed by atoms with Crippen molar-refractivity contribution in [3.63, 3.8) is 0 Å². The number of aliphatic hydroxyl groups is 1. The SMILES string of the molecule is COCCNCc1nc(C)ccc1OCCC(C)(C)O. The van der Waals surface area contributed by atoms with E-state index in [-0.39, 0.29) is 0 Å². The van der Waals surface area contributed by atoms with Crippen molar-refractivity contribution < 1.29 is 14.6 Å². The Morgan fingerprint density at radius 1 is 1.30 bits per heavy atom. The molecule has 0 aromatic carbocycles. The highest BCUT2D eigenvalue weighted by Gasteiger charge is 2.13. The van der Waals surface area contributed by atoms with Crippen LogP contribution in [0.2, 0.25) is 0 Å². The normalized spacial score (nSPS) is 11.7. The molecule has 0 aliphatic heterocycles. The van der Waals surface area contributed by atoms with Crippen molar-refractivity contribution in [2.24, 2.45) is 0 Å². The second-order valence-corrected chi connectivity index (χ2v) is 5.48. The van der Waals surface area contributed by atoms with E-state index in [9.17, 15) is 5.11 Å². The number of nitrogens with one attached hydrogen (secondary N) is 1. The van der Waals surface area contributed by atoms with Crippen LogP contribution in [0.25, 0.3) is 0 Å². The van der Waals surface area contributed by atoms with Crippen LogP contribution < -0.4 is 10.1 Å². The minimum absolute atomic E-state index is 0.472. The molecule has 0 amide bonds. The fourth-order valence-electron chi connectivity index (χ4n) is 1.65. The monoisotopic (exact) mass is 282 g/mol. The third-order valence-corrected chi connectivity index (χ3v) is 2.82. The van der Waals surface area contributed by atoms with Crippen molar-refractivity contribution in [1.82, 2.24) is 10.3 Å². The van der Waals surface area contributed by atoms with Crippen LogP contribution in [0.15, 0.2) is 12.1 Å². The topological polar surface area (TPSA) is 63.6 Å². The van der Waals surface area contributed by atoms with Crippen LogP contribution in [0.1, 0.15) is 31.7 Å². The second kappa shape index (κ2) is 8.19. The third-order valence-electron chi connectivity index (χ3n) is 2.82. The van der Waals surface area contributed by atoms with E-state index >= 15 is 0 Å². The Kier molecular flexibility index (Phi) is 6.91. The zero-order valence-corrected chi connectivity index (χ0v) is 12.9. The van der Waals surface area contributed by atoms with Gasteiger partial charge in [-0.25, -0.2) is 0 Å². The second-order valence-electron chi connectivity index (χ2n) is 5.48. The minimum Gasteiger partial charge on any atom is -0.492 e. The van der Waals surface area contributed by atoms with Gasteiger partial charge < -0.3 is 19.9 Å². The number of hydrogen-bond acceptors (Lipinski definition) is 5. The molecule has 0 unspecified atom stereocenters. The number of pyridine rings is 1. The molecule has 0 bridgehead atoms. The summed E-state index contributed by atoms with van der Waals surface area (Å²) >= 11 is 0. The van der Waals surface area contributed by atoms with Crippen LogP contribution in [0, 0.1) is 6.92 Å². The van der Waals surface area contributed by atoms with Crippen LogP contribution in [-0.2, 0) is 11.3 Å². The number of aryl methyl sites for hydroxylation is 1. The molecule has 0 fully saturated rings. The molecule has 0 saturated heterocycles. The highest BCUT2D eigenvalue weighted by atomic mass is 16.5. The summed E-state index contributed by atoms with van der Waals surface area (Å²) in [5, 5.41) is 12.9. The zero-order valence-electron chi connectivity index (χ0n) is 12.9. The summed E-state index contributed by atoms with van der Waals surface area (Å²) in [5.41, 5.74) is 1.13. The molecular weight excluding hydrogens is 256 g/mol. The quantitative estimate of drug-likeness (QED) is 0.675. The first-order valence-electron chi connectivity index (χ1n) is 6.94. The molecule has 5 nitrogen and oxygen atoms in total. The van der Waals surface area contributed by atoms with Gasteiger partial charge in [-0.1, -0.05) is 0 Å². The number of aromatic nitrogens is 1. The number of hydrogen-bond donors (Lipinski definition) is 2. The molecule has 0 radical (unpaired) electrons. The molecule has 20 heavy (non-hydrogen) atoms. The molecule has 1 rings (SSSR count). The summed E-state index contributed by atoms with van der Waals surface area (Å²) in [5.74, 6) is 0.768. The molecule has 0 spiro atoms. The molecule has 1 aromatic rings. The maximum absolute atomic E-state index is 9.69. The third kappa shape index (κ3) is 6.84. The molecule has 0 aliphatic rings. The first-order valence-corrected chi connectivity index (χ1v) is 6.94. The molecule has 2 N–H and O–H groups in total. The van der Waals surface area contributed by atoms with Gasteiger partial charge in [-0.2, -0.15) is 0 Å². The maximum atomic E-state index is 9.69. The summed E-state index contributed by atoms with van der Waals surface area (Å²) < 4.78 is 10.7. The van der Waals surface area contributed by atoms with Gasteiger partial charge in [0.1, 0.15) is 5.75 Å². The lowest BCUT2D eigenvalue weighted by Gasteiger charge is -2.18. The Hall–Kier alpha value is -1.17. The van der Waals surface area contributed by atoms with Gasteiger partial charge in [0, 0.05) is 32.3 Å². The number of nitrogens with zero attached hydrogens (tertiary/aromatic N) is 1. The summed E-state index contributed by atoms with van der Waals surface area (Å²) in [6, 6.07) is 3.86. The molecule has 5 heteroatoms. The lowest BCUT2D eigenvalue weighted by Crippen LogP contribution is -2.23. The Morgan fingerprint density at radius 2 is 2.05 bits per heavy atom. The molecule has 0 aliphatic carbocycles. The van der Waals surface area contributed by atoms with Crippen molar-refractivity contribution in [3.8, 4) is 5.75 Å². The average Bonchev–Trinajstić information content (AvgIpc) is 2.35. The minimum atomic E-state index is -0.713. The predicted octanol–water partition coefficient (Wildman–Crippen LogP) is 1.67. The largest absolute Gasteiger partial charge is 0.492 e. The fourth-order valence-corrected chi connectivity index (χ4v) is 1.65. The number of methoxy groups -OCH3 is 1. The molecule has 0 atom stereocenters. The average molecular weight is 282 g/mol. The fraction of sp³-hybridized carbons (Fsp3) is 0.667. The highest BCUT2D eigenvalue weighted by molar-refractivity contribution is 5.29. The zero-order chi connectivity index (χ0) is 15.0. The van der Waals surface area contributed by atoms with Crippen LogP contribution in [0.4, 0.5) is 0 Å². The van der Waals surface area contributed by atoms with Crippen molar-refractivity contribution in [2.45, 2.75) is 39.3 Å². The van der Waals surface area contributed by atoms with Gasteiger partial charge in [-0.3, -0.25) is 4.98 Å². The summed E-state index contributed by atoms with van der Waals surface area (Å²) in [7, 11) is 1.68. The molecule has 1 aromatic heterocycles. The van der Waals surface area contributed by atoms with Gasteiger partial charge in [0.25, 0.3) is 0 Å². The van der Waals surface area contributed by atoms with E-state index in [4.69, 9.17) is 9.47 Å². The van der Waals surface area contributed by atoms with Crippen LogP contribution in [0.5, 0.6) is 5.75 Å². The van der Waals surface area contributed by atoms with Crippen LogP contribution in [0.3, 0.4) is 0 Å². The standard InChI is InChI=1S/C15H26N2O3/c1-12-5-6-14(20-9-7-15(2,3)18)13(17-12)11-16-8-10-19-4/h5-6,16,18H,7-11H2,1-4H3. The molecule has 114 valence electrons. The molecule has 1 heterocycles. The van der Waals surface area contributed by atoms with E-state index in [2.05, 4.69) is 10.3 Å². The van der Waals surface area contributed by atoms with Gasteiger partial charge in [0.05, 0.1) is 24.5 Å². The van der Waals surface area contributed by atoms with Crippen LogP contribution in [-0.4, -0.2) is 42.6 Å². The maximum Gasteiger partial charge on any atom is 0.142 e. The van der Waals surface area contributed by atoms with Gasteiger partial charge in [0.2, 0.25) is 0 Å². The first kappa shape index (κ1) is 16.9. The summed E-state index contributed by atoms with van der Waals surface area (Å²) in [6.07, 6.45) is 0.581. The van der Waals surface area contributed by atoms with Gasteiger partial charge in [0.15, 0.2) is 0 Å². The Balaban J connectivity index is 2.55.